The van der Waals surface area contributed by atoms with E-state index in [1.807, 2.05) is 13.0 Å². The molecule has 1 atom stereocenters. The van der Waals surface area contributed by atoms with Gasteiger partial charge in [0.2, 0.25) is 0 Å². The van der Waals surface area contributed by atoms with Crippen molar-refractivity contribution in [1.29, 1.82) is 0 Å². The molecule has 1 unspecified atom stereocenters. The SMILES string of the molecule is CC(C)=C(NCc1c(C)ccc(Cl)c1Cl)NC(=O)C(O)CO. The molecule has 122 valence electrons. The van der Waals surface area contributed by atoms with Gasteiger partial charge in [-0.2, -0.15) is 0 Å². The summed E-state index contributed by atoms with van der Waals surface area (Å²) in [6, 6.07) is 3.59. The van der Waals surface area contributed by atoms with Crippen molar-refractivity contribution in [3.8, 4) is 0 Å². The van der Waals surface area contributed by atoms with Gasteiger partial charge in [-0.25, -0.2) is 0 Å². The molecule has 1 aromatic carbocycles. The number of amides is 1. The van der Waals surface area contributed by atoms with Crippen LogP contribution in [-0.4, -0.2) is 28.8 Å². The minimum atomic E-state index is -1.47. The zero-order valence-corrected chi connectivity index (χ0v) is 14.2. The fourth-order valence-electron chi connectivity index (χ4n) is 1.72. The third kappa shape index (κ3) is 4.88. The van der Waals surface area contributed by atoms with Crippen molar-refractivity contribution in [2.45, 2.75) is 33.4 Å². The molecule has 0 radical (unpaired) electrons. The molecule has 0 heterocycles. The molecule has 5 nitrogen and oxygen atoms in total. The Balaban J connectivity index is 2.86. The number of aliphatic hydroxyl groups is 2. The standard InChI is InChI=1S/C15H20Cl2N2O3/c1-8(2)14(19-15(22)12(21)7-20)18-6-10-9(3)4-5-11(16)13(10)17/h4-5,12,18,20-21H,6-7H2,1-3H3,(H,19,22). The van der Waals surface area contributed by atoms with Crippen LogP contribution in [0.2, 0.25) is 10.0 Å². The quantitative estimate of drug-likeness (QED) is 0.635. The number of rotatable bonds is 6. The average molecular weight is 347 g/mol. The first-order valence-electron chi connectivity index (χ1n) is 6.72. The van der Waals surface area contributed by atoms with Gasteiger partial charge >= 0.3 is 0 Å². The van der Waals surface area contributed by atoms with Crippen LogP contribution in [0.3, 0.4) is 0 Å². The van der Waals surface area contributed by atoms with Gasteiger partial charge in [-0.15, -0.1) is 0 Å². The Morgan fingerprint density at radius 3 is 2.50 bits per heavy atom. The smallest absolute Gasteiger partial charge is 0.256 e. The summed E-state index contributed by atoms with van der Waals surface area (Å²) in [6.45, 7) is 5.25. The van der Waals surface area contributed by atoms with Crippen LogP contribution in [0, 0.1) is 6.92 Å². The summed E-state index contributed by atoms with van der Waals surface area (Å²) in [4.78, 5) is 11.6. The van der Waals surface area contributed by atoms with E-state index < -0.39 is 18.6 Å². The molecular weight excluding hydrogens is 327 g/mol. The lowest BCUT2D eigenvalue weighted by atomic mass is 10.1. The predicted octanol–water partition coefficient (Wildman–Crippen LogP) is 2.11. The van der Waals surface area contributed by atoms with Gasteiger partial charge < -0.3 is 20.8 Å². The summed E-state index contributed by atoms with van der Waals surface area (Å²) >= 11 is 12.2. The number of carbonyl (C=O) groups excluding carboxylic acids is 1. The van der Waals surface area contributed by atoms with Gasteiger partial charge in [0, 0.05) is 6.54 Å². The minimum Gasteiger partial charge on any atom is -0.393 e. The van der Waals surface area contributed by atoms with Gasteiger partial charge in [0.05, 0.1) is 16.7 Å². The summed E-state index contributed by atoms with van der Waals surface area (Å²) in [5.74, 6) is -0.229. The van der Waals surface area contributed by atoms with E-state index in [9.17, 15) is 9.90 Å². The Morgan fingerprint density at radius 1 is 1.32 bits per heavy atom. The molecule has 1 rings (SSSR count). The maximum absolute atomic E-state index is 11.6. The number of aliphatic hydroxyl groups excluding tert-OH is 2. The van der Waals surface area contributed by atoms with E-state index in [4.69, 9.17) is 28.3 Å². The van der Waals surface area contributed by atoms with E-state index in [0.29, 0.717) is 22.4 Å². The van der Waals surface area contributed by atoms with Crippen molar-refractivity contribution < 1.29 is 15.0 Å². The van der Waals surface area contributed by atoms with E-state index in [1.54, 1.807) is 19.9 Å². The van der Waals surface area contributed by atoms with E-state index in [0.717, 1.165) is 16.7 Å². The number of allylic oxidation sites excluding steroid dienone is 1. The van der Waals surface area contributed by atoms with Crippen LogP contribution < -0.4 is 10.6 Å². The molecule has 1 amide bonds. The average Bonchev–Trinajstić information content (AvgIpc) is 2.48. The van der Waals surface area contributed by atoms with Crippen molar-refractivity contribution in [2.24, 2.45) is 0 Å². The zero-order valence-electron chi connectivity index (χ0n) is 12.7. The van der Waals surface area contributed by atoms with Gasteiger partial charge in [0.25, 0.3) is 5.91 Å². The molecule has 0 spiro atoms. The van der Waals surface area contributed by atoms with Crippen LogP contribution in [0.4, 0.5) is 0 Å². The first-order valence-corrected chi connectivity index (χ1v) is 7.48. The Kier molecular flexibility index (Phi) is 7.16. The van der Waals surface area contributed by atoms with E-state index in [2.05, 4.69) is 10.6 Å². The zero-order chi connectivity index (χ0) is 16.9. The highest BCUT2D eigenvalue weighted by molar-refractivity contribution is 6.42. The molecule has 0 saturated carbocycles. The Bertz CT molecular complexity index is 584. The monoisotopic (exact) mass is 346 g/mol. The lowest BCUT2D eigenvalue weighted by Crippen LogP contribution is -2.40. The highest BCUT2D eigenvalue weighted by Crippen LogP contribution is 2.28. The van der Waals surface area contributed by atoms with Crippen molar-refractivity contribution >= 4 is 29.1 Å². The highest BCUT2D eigenvalue weighted by Gasteiger charge is 2.16. The molecule has 22 heavy (non-hydrogen) atoms. The molecule has 0 saturated heterocycles. The third-order valence-corrected chi connectivity index (χ3v) is 3.94. The van der Waals surface area contributed by atoms with Crippen LogP contribution in [0.25, 0.3) is 0 Å². The summed E-state index contributed by atoms with van der Waals surface area (Å²) in [5, 5.41) is 24.6. The van der Waals surface area contributed by atoms with Gasteiger partial charge in [0.15, 0.2) is 6.10 Å². The number of aryl methyl sites for hydroxylation is 1. The topological polar surface area (TPSA) is 81.6 Å². The maximum Gasteiger partial charge on any atom is 0.256 e. The highest BCUT2D eigenvalue weighted by atomic mass is 35.5. The Hall–Kier alpha value is -1.27. The first kappa shape index (κ1) is 18.8. The lowest BCUT2D eigenvalue weighted by Gasteiger charge is -2.18. The van der Waals surface area contributed by atoms with Crippen LogP contribution in [0.15, 0.2) is 23.5 Å². The van der Waals surface area contributed by atoms with E-state index in [-0.39, 0.29) is 0 Å². The molecule has 1 aromatic rings. The van der Waals surface area contributed by atoms with Crippen LogP contribution >= 0.6 is 23.2 Å². The predicted molar refractivity (Wildman–Crippen MR) is 87.6 cm³/mol. The van der Waals surface area contributed by atoms with Crippen LogP contribution in [0.1, 0.15) is 25.0 Å². The second-order valence-corrected chi connectivity index (χ2v) is 5.86. The van der Waals surface area contributed by atoms with Gasteiger partial charge in [0.1, 0.15) is 5.82 Å². The van der Waals surface area contributed by atoms with Crippen molar-refractivity contribution in [1.82, 2.24) is 10.6 Å². The number of carbonyl (C=O) groups is 1. The first-order chi connectivity index (χ1) is 10.3. The molecule has 0 aliphatic rings. The molecule has 0 aliphatic carbocycles. The molecule has 0 fully saturated rings. The molecule has 4 N–H and O–H groups in total. The van der Waals surface area contributed by atoms with Gasteiger partial charge in [-0.1, -0.05) is 29.3 Å². The molecule has 0 bridgehead atoms. The van der Waals surface area contributed by atoms with E-state index >= 15 is 0 Å². The van der Waals surface area contributed by atoms with Crippen molar-refractivity contribution in [2.75, 3.05) is 6.61 Å². The number of halogens is 2. The summed E-state index contributed by atoms with van der Waals surface area (Å²) in [6.07, 6.45) is -1.47. The molecule has 0 aromatic heterocycles. The fraction of sp³-hybridized carbons (Fsp3) is 0.400. The second-order valence-electron chi connectivity index (χ2n) is 5.07. The number of hydrogen-bond acceptors (Lipinski definition) is 4. The summed E-state index contributed by atoms with van der Waals surface area (Å²) in [7, 11) is 0. The van der Waals surface area contributed by atoms with Crippen molar-refractivity contribution in [3.63, 3.8) is 0 Å². The molecule has 0 aliphatic heterocycles. The number of benzene rings is 1. The Labute approximate surface area is 139 Å². The number of hydrogen-bond donors (Lipinski definition) is 4. The second kappa shape index (κ2) is 8.39. The van der Waals surface area contributed by atoms with Crippen molar-refractivity contribution in [3.05, 3.63) is 44.7 Å². The summed E-state index contributed by atoms with van der Waals surface area (Å²) < 4.78 is 0. The largest absolute Gasteiger partial charge is 0.393 e. The maximum atomic E-state index is 11.6. The van der Waals surface area contributed by atoms with Gasteiger partial charge in [-0.05, 0) is 43.5 Å². The van der Waals surface area contributed by atoms with Crippen LogP contribution in [-0.2, 0) is 11.3 Å². The lowest BCUT2D eigenvalue weighted by molar-refractivity contribution is -0.130. The Morgan fingerprint density at radius 2 is 1.95 bits per heavy atom. The number of nitrogens with one attached hydrogen (secondary N) is 2. The third-order valence-electron chi connectivity index (χ3n) is 3.10. The molecular formula is C15H20Cl2N2O3. The molecule has 7 heteroatoms. The van der Waals surface area contributed by atoms with E-state index in [1.165, 1.54) is 0 Å². The summed E-state index contributed by atoms with van der Waals surface area (Å²) in [5.41, 5.74) is 2.61. The van der Waals surface area contributed by atoms with Gasteiger partial charge in [-0.3, -0.25) is 4.79 Å². The minimum absolute atomic E-state index is 0.362. The van der Waals surface area contributed by atoms with Crippen LogP contribution in [0.5, 0.6) is 0 Å². The normalized spacial score (nSPS) is 11.8. The fourth-order valence-corrected chi connectivity index (χ4v) is 2.17.